The highest BCUT2D eigenvalue weighted by atomic mass is 79.9. The number of nitrogens with zero attached hydrogens (tertiary/aromatic N) is 1. The van der Waals surface area contributed by atoms with Crippen LogP contribution >= 0.6 is 15.9 Å². The number of hydrogen-bond donors (Lipinski definition) is 1. The van der Waals surface area contributed by atoms with Gasteiger partial charge in [0.05, 0.1) is 6.54 Å². The van der Waals surface area contributed by atoms with Crippen molar-refractivity contribution in [3.05, 3.63) is 16.2 Å². The quantitative estimate of drug-likeness (QED) is 0.773. The first-order chi connectivity index (χ1) is 6.70. The molecule has 2 heterocycles. The lowest BCUT2D eigenvalue weighted by molar-refractivity contribution is 0.175. The van der Waals surface area contributed by atoms with Gasteiger partial charge in [-0.15, -0.1) is 0 Å². The van der Waals surface area contributed by atoms with E-state index in [1.807, 2.05) is 0 Å². The molecule has 0 saturated heterocycles. The lowest BCUT2D eigenvalue weighted by Gasteiger charge is -2.27. The molecule has 0 atom stereocenters. The van der Waals surface area contributed by atoms with Crippen LogP contribution in [0.5, 0.6) is 5.88 Å². The van der Waals surface area contributed by atoms with Crippen molar-refractivity contribution in [2.24, 2.45) is 0 Å². The number of anilines is 1. The maximum Gasteiger partial charge on any atom is 0.238 e. The average molecular weight is 255 g/mol. The van der Waals surface area contributed by atoms with Gasteiger partial charge >= 0.3 is 0 Å². The molecule has 14 heavy (non-hydrogen) atoms. The third-order valence-electron chi connectivity index (χ3n) is 2.95. The van der Waals surface area contributed by atoms with E-state index in [0.29, 0.717) is 0 Å². The SMILES string of the molecule is Cc1c(Br)cnc2c1NCC1(CC1)O2. The Hall–Kier alpha value is -0.770. The molecule has 3 rings (SSSR count). The van der Waals surface area contributed by atoms with Crippen molar-refractivity contribution in [1.82, 2.24) is 4.98 Å². The summed E-state index contributed by atoms with van der Waals surface area (Å²) in [5, 5.41) is 3.41. The first-order valence-corrected chi connectivity index (χ1v) is 5.57. The van der Waals surface area contributed by atoms with Crippen LogP contribution < -0.4 is 10.1 Å². The van der Waals surface area contributed by atoms with Gasteiger partial charge in [0, 0.05) is 10.7 Å². The maximum atomic E-state index is 5.87. The standard InChI is InChI=1S/C10H11BrN2O/c1-6-7(11)4-12-9-8(6)13-5-10(14-9)2-3-10/h4,13H,2-3,5H2,1H3. The van der Waals surface area contributed by atoms with Gasteiger partial charge in [0.2, 0.25) is 5.88 Å². The molecule has 1 aromatic heterocycles. The van der Waals surface area contributed by atoms with E-state index in [4.69, 9.17) is 4.74 Å². The minimum absolute atomic E-state index is 0.0697. The van der Waals surface area contributed by atoms with Gasteiger partial charge in [-0.1, -0.05) is 0 Å². The summed E-state index contributed by atoms with van der Waals surface area (Å²) in [6.45, 7) is 2.98. The van der Waals surface area contributed by atoms with Gasteiger partial charge in [-0.25, -0.2) is 4.98 Å². The smallest absolute Gasteiger partial charge is 0.238 e. The number of aromatic nitrogens is 1. The third-order valence-corrected chi connectivity index (χ3v) is 3.75. The molecule has 4 heteroatoms. The molecule has 1 N–H and O–H groups in total. The number of halogens is 1. The van der Waals surface area contributed by atoms with E-state index >= 15 is 0 Å². The molecule has 0 aromatic carbocycles. The van der Waals surface area contributed by atoms with Gasteiger partial charge in [0.15, 0.2) is 0 Å². The molecule has 3 nitrogen and oxygen atoms in total. The van der Waals surface area contributed by atoms with E-state index in [9.17, 15) is 0 Å². The first-order valence-electron chi connectivity index (χ1n) is 4.78. The van der Waals surface area contributed by atoms with E-state index in [0.717, 1.165) is 35.4 Å². The van der Waals surface area contributed by atoms with Crippen LogP contribution in [0.4, 0.5) is 5.69 Å². The van der Waals surface area contributed by atoms with Crippen molar-refractivity contribution in [3.8, 4) is 5.88 Å². The summed E-state index contributed by atoms with van der Waals surface area (Å²) in [6.07, 6.45) is 4.10. The number of hydrogen-bond acceptors (Lipinski definition) is 3. The van der Waals surface area contributed by atoms with Gasteiger partial charge < -0.3 is 10.1 Å². The normalized spacial score (nSPS) is 21.0. The topological polar surface area (TPSA) is 34.2 Å². The Bertz CT molecular complexity index is 401. The summed E-state index contributed by atoms with van der Waals surface area (Å²) in [4.78, 5) is 4.28. The second-order valence-electron chi connectivity index (χ2n) is 4.05. The zero-order valence-electron chi connectivity index (χ0n) is 7.93. The monoisotopic (exact) mass is 254 g/mol. The Balaban J connectivity index is 2.06. The molecule has 1 saturated carbocycles. The number of pyridine rings is 1. The van der Waals surface area contributed by atoms with Crippen LogP contribution in [0.25, 0.3) is 0 Å². The van der Waals surface area contributed by atoms with Crippen molar-refractivity contribution in [1.29, 1.82) is 0 Å². The molecule has 1 fully saturated rings. The summed E-state index contributed by atoms with van der Waals surface area (Å²) in [5.74, 6) is 0.759. The van der Waals surface area contributed by atoms with Crippen molar-refractivity contribution in [2.45, 2.75) is 25.4 Å². The van der Waals surface area contributed by atoms with Gasteiger partial charge in [-0.2, -0.15) is 0 Å². The highest BCUT2D eigenvalue weighted by Crippen LogP contribution is 2.46. The van der Waals surface area contributed by atoms with Crippen LogP contribution in [0.3, 0.4) is 0 Å². The zero-order valence-corrected chi connectivity index (χ0v) is 9.52. The maximum absolute atomic E-state index is 5.87. The summed E-state index contributed by atoms with van der Waals surface area (Å²) in [5.41, 5.74) is 2.28. The molecular formula is C10H11BrN2O. The van der Waals surface area contributed by atoms with E-state index in [2.05, 4.69) is 33.2 Å². The second-order valence-corrected chi connectivity index (χ2v) is 4.90. The van der Waals surface area contributed by atoms with Crippen LogP contribution in [0.15, 0.2) is 10.7 Å². The van der Waals surface area contributed by atoms with E-state index in [-0.39, 0.29) is 5.60 Å². The largest absolute Gasteiger partial charge is 0.468 e. The van der Waals surface area contributed by atoms with Gasteiger partial charge in [-0.05, 0) is 41.3 Å². The summed E-state index contributed by atoms with van der Waals surface area (Å²) in [6, 6.07) is 0. The van der Waals surface area contributed by atoms with Gasteiger partial charge in [-0.3, -0.25) is 0 Å². The zero-order chi connectivity index (χ0) is 9.76. The van der Waals surface area contributed by atoms with Crippen molar-refractivity contribution in [3.63, 3.8) is 0 Å². The lowest BCUT2D eigenvalue weighted by Crippen LogP contribution is -2.33. The van der Waals surface area contributed by atoms with Crippen LogP contribution in [0.2, 0.25) is 0 Å². The van der Waals surface area contributed by atoms with Crippen molar-refractivity contribution >= 4 is 21.6 Å². The second kappa shape index (κ2) is 2.63. The fourth-order valence-electron chi connectivity index (χ4n) is 1.75. The average Bonchev–Trinajstić information content (AvgIpc) is 2.92. The summed E-state index contributed by atoms with van der Waals surface area (Å²) in [7, 11) is 0. The number of rotatable bonds is 0. The first kappa shape index (κ1) is 8.53. The van der Waals surface area contributed by atoms with Gasteiger partial charge in [0.25, 0.3) is 0 Å². The van der Waals surface area contributed by atoms with E-state index in [1.54, 1.807) is 6.20 Å². The highest BCUT2D eigenvalue weighted by molar-refractivity contribution is 9.10. The van der Waals surface area contributed by atoms with Crippen molar-refractivity contribution in [2.75, 3.05) is 11.9 Å². The molecule has 74 valence electrons. The minimum Gasteiger partial charge on any atom is -0.468 e. The number of ether oxygens (including phenoxy) is 1. The fourth-order valence-corrected chi connectivity index (χ4v) is 2.05. The Morgan fingerprint density at radius 3 is 3.07 bits per heavy atom. The Morgan fingerprint density at radius 1 is 1.57 bits per heavy atom. The minimum atomic E-state index is 0.0697. The highest BCUT2D eigenvalue weighted by Gasteiger charge is 2.48. The molecule has 1 aromatic rings. The summed E-state index contributed by atoms with van der Waals surface area (Å²) < 4.78 is 6.90. The molecule has 0 unspecified atom stereocenters. The van der Waals surface area contributed by atoms with Crippen LogP contribution in [0, 0.1) is 6.92 Å². The number of fused-ring (bicyclic) bond motifs is 1. The molecule has 0 bridgehead atoms. The predicted octanol–water partition coefficient (Wildman–Crippen LogP) is 2.49. The molecule has 0 radical (unpaired) electrons. The fraction of sp³-hybridized carbons (Fsp3) is 0.500. The summed E-state index contributed by atoms with van der Waals surface area (Å²) >= 11 is 3.46. The molecule has 1 aliphatic carbocycles. The number of nitrogens with one attached hydrogen (secondary N) is 1. The molecule has 2 aliphatic rings. The van der Waals surface area contributed by atoms with Crippen molar-refractivity contribution < 1.29 is 4.74 Å². The molecule has 0 amide bonds. The van der Waals surface area contributed by atoms with Crippen LogP contribution in [0.1, 0.15) is 18.4 Å². The molecule has 1 aliphatic heterocycles. The van der Waals surface area contributed by atoms with Crippen LogP contribution in [-0.2, 0) is 0 Å². The Labute approximate surface area is 91.0 Å². The Morgan fingerprint density at radius 2 is 2.36 bits per heavy atom. The third kappa shape index (κ3) is 1.13. The van der Waals surface area contributed by atoms with Gasteiger partial charge in [0.1, 0.15) is 11.3 Å². The molecular weight excluding hydrogens is 244 g/mol. The van der Waals surface area contributed by atoms with E-state index < -0.39 is 0 Å². The Kier molecular flexibility index (Phi) is 1.60. The predicted molar refractivity (Wildman–Crippen MR) is 57.8 cm³/mol. The van der Waals surface area contributed by atoms with Crippen LogP contribution in [-0.4, -0.2) is 17.1 Å². The lowest BCUT2D eigenvalue weighted by atomic mass is 10.2. The van der Waals surface area contributed by atoms with E-state index in [1.165, 1.54) is 5.56 Å². The molecule has 1 spiro atoms.